The molecule has 1 saturated carbocycles. The normalized spacial score (nSPS) is 24.5. The van der Waals surface area contributed by atoms with E-state index in [-0.39, 0.29) is 28.7 Å². The second kappa shape index (κ2) is 7.41. The highest BCUT2D eigenvalue weighted by Gasteiger charge is 2.68. The van der Waals surface area contributed by atoms with Crippen LogP contribution in [-0.4, -0.2) is 40.8 Å². The Bertz CT molecular complexity index is 1050. The molecule has 2 fully saturated rings. The van der Waals surface area contributed by atoms with Crippen LogP contribution in [0.25, 0.3) is 0 Å². The Morgan fingerprint density at radius 2 is 1.72 bits per heavy atom. The third kappa shape index (κ3) is 3.21. The SMILES string of the molecule is CC1Cc2ccccc2N1C(=O)c1csc(C2CCN(C(=O)C3C(C)(C)C3(C)C)CC2)n1. The van der Waals surface area contributed by atoms with Crippen LogP contribution >= 0.6 is 11.3 Å². The average Bonchev–Trinajstić information content (AvgIpc) is 3.18. The highest BCUT2D eigenvalue weighted by molar-refractivity contribution is 7.10. The predicted octanol–water partition coefficient (Wildman–Crippen LogP) is 5.12. The summed E-state index contributed by atoms with van der Waals surface area (Å²) in [4.78, 5) is 35.1. The molecule has 0 bridgehead atoms. The van der Waals surface area contributed by atoms with Crippen LogP contribution in [0.1, 0.15) is 74.4 Å². The van der Waals surface area contributed by atoms with Gasteiger partial charge in [-0.1, -0.05) is 45.9 Å². The van der Waals surface area contributed by atoms with Crippen molar-refractivity contribution in [2.75, 3.05) is 18.0 Å². The Labute approximate surface area is 194 Å². The molecule has 1 unspecified atom stereocenters. The van der Waals surface area contributed by atoms with E-state index in [1.165, 1.54) is 5.56 Å². The number of thiazole rings is 1. The van der Waals surface area contributed by atoms with Crippen molar-refractivity contribution in [3.8, 4) is 0 Å². The molecule has 32 heavy (non-hydrogen) atoms. The number of likely N-dealkylation sites (tertiary alicyclic amines) is 1. The average molecular weight is 452 g/mol. The Balaban J connectivity index is 1.24. The maximum absolute atomic E-state index is 13.3. The minimum atomic E-state index is -0.00393. The standard InChI is InChI=1S/C26H33N3O2S/c1-16-14-18-8-6-7-9-20(18)29(16)23(30)19-15-32-22(27-19)17-10-12-28(13-11-17)24(31)21-25(2,3)26(21,4)5/h6-9,15-17,21H,10-14H2,1-5H3. The molecule has 170 valence electrons. The maximum Gasteiger partial charge on any atom is 0.278 e. The summed E-state index contributed by atoms with van der Waals surface area (Å²) in [6.07, 6.45) is 2.73. The summed E-state index contributed by atoms with van der Waals surface area (Å²) in [5.41, 5.74) is 2.95. The van der Waals surface area contributed by atoms with Crippen LogP contribution < -0.4 is 4.90 Å². The third-order valence-electron chi connectivity index (χ3n) is 8.59. The van der Waals surface area contributed by atoms with Crippen LogP contribution in [0.4, 0.5) is 5.69 Å². The minimum Gasteiger partial charge on any atom is -0.342 e. The number of rotatable bonds is 3. The van der Waals surface area contributed by atoms with Crippen molar-refractivity contribution >= 4 is 28.8 Å². The molecular formula is C26H33N3O2S. The van der Waals surface area contributed by atoms with Gasteiger partial charge in [0, 0.05) is 42.0 Å². The van der Waals surface area contributed by atoms with Gasteiger partial charge in [0.2, 0.25) is 5.91 Å². The Kier molecular flexibility index (Phi) is 5.01. The third-order valence-corrected chi connectivity index (χ3v) is 9.60. The number of piperidine rings is 1. The number of aromatic nitrogens is 1. The van der Waals surface area contributed by atoms with Gasteiger partial charge in [-0.25, -0.2) is 4.98 Å². The summed E-state index contributed by atoms with van der Waals surface area (Å²) in [5, 5.41) is 2.95. The number of hydrogen-bond donors (Lipinski definition) is 0. The van der Waals surface area contributed by atoms with Crippen LogP contribution in [0, 0.1) is 16.7 Å². The quantitative estimate of drug-likeness (QED) is 0.651. The zero-order valence-corrected chi connectivity index (χ0v) is 20.5. The molecule has 0 spiro atoms. The monoisotopic (exact) mass is 451 g/mol. The molecule has 1 aromatic carbocycles. The molecule has 0 radical (unpaired) electrons. The van der Waals surface area contributed by atoms with Gasteiger partial charge in [0.25, 0.3) is 5.91 Å². The summed E-state index contributed by atoms with van der Waals surface area (Å²) in [5.74, 6) is 0.765. The molecule has 1 saturated heterocycles. The number of para-hydroxylation sites is 1. The lowest BCUT2D eigenvalue weighted by Crippen LogP contribution is -2.40. The van der Waals surface area contributed by atoms with Gasteiger partial charge in [0.05, 0.1) is 5.01 Å². The molecule has 2 aromatic rings. The second-order valence-electron chi connectivity index (χ2n) is 10.9. The molecule has 2 amide bonds. The van der Waals surface area contributed by atoms with Crippen molar-refractivity contribution in [2.45, 2.75) is 65.8 Å². The van der Waals surface area contributed by atoms with Gasteiger partial charge >= 0.3 is 0 Å². The fourth-order valence-electron chi connectivity index (χ4n) is 5.91. The smallest absolute Gasteiger partial charge is 0.278 e. The summed E-state index contributed by atoms with van der Waals surface area (Å²) in [6, 6.07) is 8.30. The van der Waals surface area contributed by atoms with Gasteiger partial charge in [0.1, 0.15) is 5.69 Å². The van der Waals surface area contributed by atoms with E-state index in [1.54, 1.807) is 11.3 Å². The van der Waals surface area contributed by atoms with Gasteiger partial charge in [-0.3, -0.25) is 9.59 Å². The Hall–Kier alpha value is -2.21. The fourth-order valence-corrected chi connectivity index (χ4v) is 6.88. The summed E-state index contributed by atoms with van der Waals surface area (Å²) >= 11 is 1.59. The van der Waals surface area contributed by atoms with E-state index in [4.69, 9.17) is 4.98 Å². The van der Waals surface area contributed by atoms with E-state index in [2.05, 4.69) is 45.6 Å². The number of amides is 2. The zero-order chi connectivity index (χ0) is 22.8. The number of carbonyl (C=O) groups excluding carboxylic acids is 2. The molecular weight excluding hydrogens is 418 g/mol. The molecule has 3 heterocycles. The maximum atomic E-state index is 13.3. The highest BCUT2D eigenvalue weighted by Crippen LogP contribution is 2.68. The minimum absolute atomic E-state index is 0.00393. The van der Waals surface area contributed by atoms with Gasteiger partial charge in [0.15, 0.2) is 0 Å². The topological polar surface area (TPSA) is 53.5 Å². The van der Waals surface area contributed by atoms with Gasteiger partial charge in [-0.2, -0.15) is 0 Å². The Morgan fingerprint density at radius 3 is 2.38 bits per heavy atom. The van der Waals surface area contributed by atoms with Crippen molar-refractivity contribution in [1.82, 2.24) is 9.88 Å². The lowest BCUT2D eigenvalue weighted by Gasteiger charge is -2.32. The predicted molar refractivity (Wildman–Crippen MR) is 128 cm³/mol. The molecule has 2 aliphatic heterocycles. The zero-order valence-electron chi connectivity index (χ0n) is 19.7. The number of anilines is 1. The first-order valence-corrected chi connectivity index (χ1v) is 12.7. The van der Waals surface area contributed by atoms with Crippen LogP contribution in [0.5, 0.6) is 0 Å². The van der Waals surface area contributed by atoms with E-state index in [0.29, 0.717) is 17.5 Å². The van der Waals surface area contributed by atoms with Crippen molar-refractivity contribution in [1.29, 1.82) is 0 Å². The number of nitrogens with zero attached hydrogens (tertiary/aromatic N) is 3. The fraction of sp³-hybridized carbons (Fsp3) is 0.577. The van der Waals surface area contributed by atoms with Crippen molar-refractivity contribution in [2.24, 2.45) is 16.7 Å². The van der Waals surface area contributed by atoms with Crippen LogP contribution in [0.3, 0.4) is 0 Å². The van der Waals surface area contributed by atoms with E-state index < -0.39 is 0 Å². The summed E-state index contributed by atoms with van der Waals surface area (Å²) in [6.45, 7) is 12.5. The molecule has 0 N–H and O–H groups in total. The molecule has 1 aromatic heterocycles. The van der Waals surface area contributed by atoms with Crippen LogP contribution in [-0.2, 0) is 11.2 Å². The van der Waals surface area contributed by atoms with Gasteiger partial charge < -0.3 is 9.80 Å². The van der Waals surface area contributed by atoms with Crippen molar-refractivity contribution < 1.29 is 9.59 Å². The molecule has 5 nitrogen and oxygen atoms in total. The van der Waals surface area contributed by atoms with Crippen LogP contribution in [0.2, 0.25) is 0 Å². The molecule has 6 heteroatoms. The second-order valence-corrected chi connectivity index (χ2v) is 11.8. The Morgan fingerprint density at radius 1 is 1.06 bits per heavy atom. The van der Waals surface area contributed by atoms with E-state index in [1.807, 2.05) is 28.5 Å². The largest absolute Gasteiger partial charge is 0.342 e. The lowest BCUT2D eigenvalue weighted by molar-refractivity contribution is -0.134. The van der Waals surface area contributed by atoms with E-state index in [9.17, 15) is 9.59 Å². The van der Waals surface area contributed by atoms with Crippen molar-refractivity contribution in [3.05, 3.63) is 45.9 Å². The van der Waals surface area contributed by atoms with Crippen LogP contribution in [0.15, 0.2) is 29.6 Å². The number of carbonyl (C=O) groups is 2. The number of hydrogen-bond acceptors (Lipinski definition) is 4. The van der Waals surface area contributed by atoms with Gasteiger partial charge in [-0.15, -0.1) is 11.3 Å². The van der Waals surface area contributed by atoms with Crippen molar-refractivity contribution in [3.63, 3.8) is 0 Å². The summed E-state index contributed by atoms with van der Waals surface area (Å²) < 4.78 is 0. The molecule has 3 aliphatic rings. The first kappa shape index (κ1) is 21.6. The lowest BCUT2D eigenvalue weighted by atomic mass is 9.96. The molecule has 1 atom stereocenters. The first-order chi connectivity index (χ1) is 15.1. The first-order valence-electron chi connectivity index (χ1n) is 11.8. The summed E-state index contributed by atoms with van der Waals surface area (Å²) in [7, 11) is 0. The van der Waals surface area contributed by atoms with E-state index >= 15 is 0 Å². The van der Waals surface area contributed by atoms with Gasteiger partial charge in [-0.05, 0) is 48.6 Å². The highest BCUT2D eigenvalue weighted by atomic mass is 32.1. The molecule has 1 aliphatic carbocycles. The molecule has 5 rings (SSSR count). The van der Waals surface area contributed by atoms with E-state index in [0.717, 1.165) is 43.0 Å². The number of benzene rings is 1. The number of fused-ring (bicyclic) bond motifs is 1.